The molecular weight excluding hydrogens is 200 g/mol. The van der Waals surface area contributed by atoms with Crippen molar-refractivity contribution in [3.05, 3.63) is 35.9 Å². The van der Waals surface area contributed by atoms with E-state index in [0.717, 1.165) is 5.56 Å². The second-order valence-corrected chi connectivity index (χ2v) is 4.37. The Morgan fingerprint density at radius 2 is 1.88 bits per heavy atom. The molecule has 0 bridgehead atoms. The Morgan fingerprint density at radius 3 is 2.31 bits per heavy atom. The highest BCUT2D eigenvalue weighted by Crippen LogP contribution is 2.22. The number of carbonyl (C=O) groups is 1. The predicted octanol–water partition coefficient (Wildman–Crippen LogP) is 1.60. The lowest BCUT2D eigenvalue weighted by Crippen LogP contribution is -2.31. The molecule has 3 nitrogen and oxygen atoms in total. The Balaban J connectivity index is 2.81. The summed E-state index contributed by atoms with van der Waals surface area (Å²) in [4.78, 5) is 13.3. The quantitative estimate of drug-likeness (QED) is 0.837. The van der Waals surface area contributed by atoms with Gasteiger partial charge in [-0.25, -0.2) is 0 Å². The van der Waals surface area contributed by atoms with Gasteiger partial charge < -0.3 is 10.6 Å². The summed E-state index contributed by atoms with van der Waals surface area (Å²) in [7, 11) is 3.54. The van der Waals surface area contributed by atoms with Gasteiger partial charge in [-0.2, -0.15) is 0 Å². The van der Waals surface area contributed by atoms with E-state index >= 15 is 0 Å². The van der Waals surface area contributed by atoms with Crippen molar-refractivity contribution in [2.24, 2.45) is 5.73 Å². The van der Waals surface area contributed by atoms with E-state index < -0.39 is 0 Å². The second kappa shape index (κ2) is 5.66. The Kier molecular flexibility index (Phi) is 4.50. The fourth-order valence-electron chi connectivity index (χ4n) is 1.68. The average molecular weight is 220 g/mol. The molecule has 16 heavy (non-hydrogen) atoms. The summed E-state index contributed by atoms with van der Waals surface area (Å²) in [6, 6.07) is 9.95. The third-order valence-electron chi connectivity index (χ3n) is 2.76. The minimum Gasteiger partial charge on any atom is -0.349 e. The van der Waals surface area contributed by atoms with Crippen molar-refractivity contribution in [2.75, 3.05) is 14.1 Å². The molecule has 0 fully saturated rings. The van der Waals surface area contributed by atoms with Crippen LogP contribution in [0.3, 0.4) is 0 Å². The first-order chi connectivity index (χ1) is 7.52. The predicted molar refractivity (Wildman–Crippen MR) is 66.1 cm³/mol. The normalized spacial score (nSPS) is 14.2. The third kappa shape index (κ3) is 3.35. The van der Waals surface area contributed by atoms with Crippen molar-refractivity contribution in [1.29, 1.82) is 0 Å². The van der Waals surface area contributed by atoms with Gasteiger partial charge in [-0.1, -0.05) is 30.3 Å². The molecule has 0 aliphatic rings. The van der Waals surface area contributed by atoms with E-state index in [2.05, 4.69) is 0 Å². The lowest BCUT2D eigenvalue weighted by Gasteiger charge is -2.22. The molecule has 2 N–H and O–H groups in total. The van der Waals surface area contributed by atoms with Gasteiger partial charge in [0.25, 0.3) is 0 Å². The molecule has 0 aliphatic carbocycles. The number of rotatable bonds is 4. The fourth-order valence-corrected chi connectivity index (χ4v) is 1.68. The summed E-state index contributed by atoms with van der Waals surface area (Å²) in [6.07, 6.45) is 0.467. The van der Waals surface area contributed by atoms with Gasteiger partial charge >= 0.3 is 0 Å². The first-order valence-electron chi connectivity index (χ1n) is 5.53. The van der Waals surface area contributed by atoms with Crippen LogP contribution in [0, 0.1) is 0 Å². The van der Waals surface area contributed by atoms with Gasteiger partial charge in [-0.15, -0.1) is 0 Å². The summed E-state index contributed by atoms with van der Waals surface area (Å²) in [5.41, 5.74) is 7.08. The second-order valence-electron chi connectivity index (χ2n) is 4.37. The molecule has 88 valence electrons. The molecule has 0 aliphatic heterocycles. The first-order valence-corrected chi connectivity index (χ1v) is 5.53. The van der Waals surface area contributed by atoms with E-state index in [9.17, 15) is 4.79 Å². The average Bonchev–Trinajstić information content (AvgIpc) is 2.26. The van der Waals surface area contributed by atoms with Crippen LogP contribution >= 0.6 is 0 Å². The summed E-state index contributed by atoms with van der Waals surface area (Å²) < 4.78 is 0. The smallest absolute Gasteiger partial charge is 0.222 e. The van der Waals surface area contributed by atoms with Gasteiger partial charge in [0.05, 0.1) is 0 Å². The SMILES string of the molecule is C[C@H](N)[C@H](CC(=O)N(C)C)c1ccccc1. The third-order valence-corrected chi connectivity index (χ3v) is 2.76. The van der Waals surface area contributed by atoms with Crippen LogP contribution in [-0.4, -0.2) is 30.9 Å². The van der Waals surface area contributed by atoms with Crippen molar-refractivity contribution < 1.29 is 4.79 Å². The Hall–Kier alpha value is -1.35. The van der Waals surface area contributed by atoms with E-state index in [-0.39, 0.29) is 17.9 Å². The van der Waals surface area contributed by atoms with Gasteiger partial charge in [-0.3, -0.25) is 4.79 Å². The molecule has 0 spiro atoms. The van der Waals surface area contributed by atoms with Crippen LogP contribution in [0.1, 0.15) is 24.8 Å². The largest absolute Gasteiger partial charge is 0.349 e. The van der Waals surface area contributed by atoms with Crippen molar-refractivity contribution >= 4 is 5.91 Å². The molecule has 0 aromatic heterocycles. The molecule has 0 radical (unpaired) electrons. The Bertz CT molecular complexity index is 333. The first kappa shape index (κ1) is 12.7. The number of amides is 1. The standard InChI is InChI=1S/C13H20N2O/c1-10(14)12(9-13(16)15(2)3)11-7-5-4-6-8-11/h4-8,10,12H,9,14H2,1-3H3/t10-,12-/m0/s1. The maximum atomic E-state index is 11.7. The molecule has 0 unspecified atom stereocenters. The highest BCUT2D eigenvalue weighted by molar-refractivity contribution is 5.76. The zero-order valence-corrected chi connectivity index (χ0v) is 10.2. The monoisotopic (exact) mass is 220 g/mol. The van der Waals surface area contributed by atoms with Crippen molar-refractivity contribution in [3.8, 4) is 0 Å². The van der Waals surface area contributed by atoms with Gasteiger partial charge in [0.2, 0.25) is 5.91 Å². The highest BCUT2D eigenvalue weighted by atomic mass is 16.2. The van der Waals surface area contributed by atoms with E-state index in [1.54, 1.807) is 19.0 Å². The van der Waals surface area contributed by atoms with Crippen molar-refractivity contribution in [1.82, 2.24) is 4.90 Å². The molecule has 0 saturated heterocycles. The minimum absolute atomic E-state index is 0.0219. The molecule has 0 heterocycles. The molecule has 1 rings (SSSR count). The fraction of sp³-hybridized carbons (Fsp3) is 0.462. The summed E-state index contributed by atoms with van der Waals surface area (Å²) in [6.45, 7) is 1.95. The van der Waals surface area contributed by atoms with Crippen LogP contribution in [0.5, 0.6) is 0 Å². The zero-order valence-electron chi connectivity index (χ0n) is 10.2. The maximum Gasteiger partial charge on any atom is 0.222 e. The summed E-state index contributed by atoms with van der Waals surface area (Å²) in [5, 5.41) is 0. The molecule has 1 aromatic rings. The minimum atomic E-state index is -0.0219. The van der Waals surface area contributed by atoms with Crippen molar-refractivity contribution in [3.63, 3.8) is 0 Å². The number of nitrogens with two attached hydrogens (primary N) is 1. The van der Waals surface area contributed by atoms with Crippen LogP contribution < -0.4 is 5.73 Å². The molecule has 3 heteroatoms. The van der Waals surface area contributed by atoms with E-state index in [0.29, 0.717) is 6.42 Å². The Labute approximate surface area is 97.2 Å². The van der Waals surface area contributed by atoms with Crippen LogP contribution in [-0.2, 0) is 4.79 Å². The summed E-state index contributed by atoms with van der Waals surface area (Å²) >= 11 is 0. The zero-order chi connectivity index (χ0) is 12.1. The van der Waals surface area contributed by atoms with E-state index in [4.69, 9.17) is 5.73 Å². The number of hydrogen-bond donors (Lipinski definition) is 1. The van der Waals surface area contributed by atoms with Gasteiger partial charge in [-0.05, 0) is 12.5 Å². The molecule has 1 amide bonds. The topological polar surface area (TPSA) is 46.3 Å². The number of nitrogens with zero attached hydrogens (tertiary/aromatic N) is 1. The molecular formula is C13H20N2O. The van der Waals surface area contributed by atoms with E-state index in [1.807, 2.05) is 37.3 Å². The Morgan fingerprint density at radius 1 is 1.31 bits per heavy atom. The van der Waals surface area contributed by atoms with Gasteiger partial charge in [0.1, 0.15) is 0 Å². The lowest BCUT2D eigenvalue weighted by molar-refractivity contribution is -0.129. The van der Waals surface area contributed by atoms with Gasteiger partial charge in [0.15, 0.2) is 0 Å². The number of carbonyl (C=O) groups excluding carboxylic acids is 1. The van der Waals surface area contributed by atoms with E-state index in [1.165, 1.54) is 0 Å². The number of hydrogen-bond acceptors (Lipinski definition) is 2. The highest BCUT2D eigenvalue weighted by Gasteiger charge is 2.20. The molecule has 2 atom stereocenters. The van der Waals surface area contributed by atoms with Crippen LogP contribution in [0.4, 0.5) is 0 Å². The maximum absolute atomic E-state index is 11.7. The van der Waals surface area contributed by atoms with Gasteiger partial charge in [0, 0.05) is 32.5 Å². The molecule has 0 saturated carbocycles. The lowest BCUT2D eigenvalue weighted by atomic mass is 9.89. The van der Waals surface area contributed by atoms with Crippen LogP contribution in [0.25, 0.3) is 0 Å². The molecule has 1 aromatic carbocycles. The van der Waals surface area contributed by atoms with Crippen LogP contribution in [0.15, 0.2) is 30.3 Å². The summed E-state index contributed by atoms with van der Waals surface area (Å²) in [5.74, 6) is 0.210. The van der Waals surface area contributed by atoms with Crippen LogP contribution in [0.2, 0.25) is 0 Å². The van der Waals surface area contributed by atoms with Crippen molar-refractivity contribution in [2.45, 2.75) is 25.3 Å². The number of benzene rings is 1.